The molecule has 1 aromatic rings. The highest BCUT2D eigenvalue weighted by Crippen LogP contribution is 2.45. The number of phenolic OH excluding ortho intramolecular Hbond substituents is 1. The predicted octanol–water partition coefficient (Wildman–Crippen LogP) is 2.30. The number of esters is 1. The Morgan fingerprint density at radius 2 is 2.12 bits per heavy atom. The lowest BCUT2D eigenvalue weighted by atomic mass is 9.71. The maximum Gasteiger partial charge on any atom is 0.336 e. The number of hydrogen-bond donors (Lipinski definition) is 2. The van der Waals surface area contributed by atoms with Gasteiger partial charge in [0.15, 0.2) is 5.75 Å². The number of benzene rings is 1. The summed E-state index contributed by atoms with van der Waals surface area (Å²) in [6.07, 6.45) is 2.84. The molecule has 0 spiro atoms. The molecule has 0 radical (unpaired) electrons. The molecule has 1 heterocycles. The first-order valence-electron chi connectivity index (χ1n) is 8.11. The summed E-state index contributed by atoms with van der Waals surface area (Å²) >= 11 is 0. The molecule has 0 saturated heterocycles. The van der Waals surface area contributed by atoms with Crippen LogP contribution < -0.4 is 5.32 Å². The van der Waals surface area contributed by atoms with Crippen molar-refractivity contribution >= 4 is 17.4 Å². The molecule has 8 heteroatoms. The van der Waals surface area contributed by atoms with Gasteiger partial charge in [-0.1, -0.05) is 12.1 Å². The second-order valence-electron chi connectivity index (χ2n) is 6.28. The minimum Gasteiger partial charge on any atom is -0.502 e. The third-order valence-corrected chi connectivity index (χ3v) is 4.78. The Bertz CT molecular complexity index is 870. The monoisotopic (exact) mass is 358 g/mol. The van der Waals surface area contributed by atoms with Gasteiger partial charge in [-0.25, -0.2) is 4.79 Å². The fourth-order valence-corrected chi connectivity index (χ4v) is 3.63. The molecule has 0 amide bonds. The van der Waals surface area contributed by atoms with Crippen molar-refractivity contribution in [2.45, 2.75) is 25.7 Å². The molecule has 1 aliphatic heterocycles. The average molecular weight is 358 g/mol. The highest BCUT2D eigenvalue weighted by molar-refractivity contribution is 5.96. The summed E-state index contributed by atoms with van der Waals surface area (Å²) < 4.78 is 4.88. The first kappa shape index (κ1) is 17.7. The van der Waals surface area contributed by atoms with E-state index in [0.717, 1.165) is 0 Å². The quantitative estimate of drug-likeness (QED) is 0.483. The number of allylic oxidation sites excluding steroid dienone is 3. The van der Waals surface area contributed by atoms with Crippen LogP contribution in [0.2, 0.25) is 0 Å². The van der Waals surface area contributed by atoms with Crippen LogP contribution in [0, 0.1) is 16.0 Å². The SMILES string of the molecule is COC(=O)C1=C(C)NC2=CCCC(=O)C2C1c1ccc(O)c([N+](=O)[O-])c1. The number of Topliss-reactive ketones (excluding diaryl/α,β-unsaturated/α-hetero) is 1. The Morgan fingerprint density at radius 1 is 1.38 bits per heavy atom. The van der Waals surface area contributed by atoms with Crippen LogP contribution >= 0.6 is 0 Å². The molecule has 8 nitrogen and oxygen atoms in total. The molecule has 0 saturated carbocycles. The molecule has 136 valence electrons. The summed E-state index contributed by atoms with van der Waals surface area (Å²) in [7, 11) is 1.24. The first-order valence-corrected chi connectivity index (χ1v) is 8.11. The smallest absolute Gasteiger partial charge is 0.336 e. The van der Waals surface area contributed by atoms with Crippen LogP contribution in [0.4, 0.5) is 5.69 Å². The van der Waals surface area contributed by atoms with Crippen LogP contribution in [0.3, 0.4) is 0 Å². The number of hydrogen-bond acceptors (Lipinski definition) is 7. The van der Waals surface area contributed by atoms with Gasteiger partial charge in [0.2, 0.25) is 0 Å². The lowest BCUT2D eigenvalue weighted by Gasteiger charge is -2.37. The summed E-state index contributed by atoms with van der Waals surface area (Å²) in [6, 6.07) is 3.91. The molecule has 2 atom stereocenters. The normalized spacial score (nSPS) is 22.2. The van der Waals surface area contributed by atoms with Gasteiger partial charge in [-0.05, 0) is 25.0 Å². The molecular formula is C18H18N2O6. The summed E-state index contributed by atoms with van der Waals surface area (Å²) in [5.41, 5.74) is 1.41. The summed E-state index contributed by atoms with van der Waals surface area (Å²) in [5, 5.41) is 24.0. The van der Waals surface area contributed by atoms with E-state index >= 15 is 0 Å². The third kappa shape index (κ3) is 2.83. The predicted molar refractivity (Wildman–Crippen MR) is 91.2 cm³/mol. The standard InChI is InChI=1S/C18H18N2O6/c1-9-15(18(23)26-2)16(17-11(19-9)4-3-5-14(17)22)10-6-7-13(21)12(8-10)20(24)25/h4,6-8,16-17,19,21H,3,5H2,1-2H3. The van der Waals surface area contributed by atoms with Crippen molar-refractivity contribution in [3.8, 4) is 5.75 Å². The van der Waals surface area contributed by atoms with Crippen molar-refractivity contribution in [2.24, 2.45) is 5.92 Å². The summed E-state index contributed by atoms with van der Waals surface area (Å²) in [6.45, 7) is 1.70. The highest BCUT2D eigenvalue weighted by Gasteiger charge is 2.43. The number of aromatic hydroxyl groups is 1. The van der Waals surface area contributed by atoms with Crippen molar-refractivity contribution < 1.29 is 24.4 Å². The fraction of sp³-hybridized carbons (Fsp3) is 0.333. The van der Waals surface area contributed by atoms with E-state index in [1.807, 2.05) is 6.08 Å². The van der Waals surface area contributed by atoms with Crippen LogP contribution in [0.5, 0.6) is 5.75 Å². The number of ketones is 1. The van der Waals surface area contributed by atoms with Gasteiger partial charge in [0, 0.05) is 29.8 Å². The fourth-order valence-electron chi connectivity index (χ4n) is 3.63. The van der Waals surface area contributed by atoms with Gasteiger partial charge >= 0.3 is 11.7 Å². The number of fused-ring (bicyclic) bond motifs is 1. The van der Waals surface area contributed by atoms with Crippen molar-refractivity contribution in [3.05, 3.63) is 56.9 Å². The zero-order valence-corrected chi connectivity index (χ0v) is 14.3. The number of ether oxygens (including phenoxy) is 1. The van der Waals surface area contributed by atoms with E-state index < -0.39 is 34.2 Å². The van der Waals surface area contributed by atoms with Gasteiger partial charge in [-0.15, -0.1) is 0 Å². The molecule has 2 aliphatic rings. The molecule has 26 heavy (non-hydrogen) atoms. The Labute approximate surface area is 149 Å². The zero-order valence-electron chi connectivity index (χ0n) is 14.3. The van der Waals surface area contributed by atoms with Crippen molar-refractivity contribution in [2.75, 3.05) is 7.11 Å². The van der Waals surface area contributed by atoms with Gasteiger partial charge in [-0.3, -0.25) is 14.9 Å². The largest absolute Gasteiger partial charge is 0.502 e. The number of methoxy groups -OCH3 is 1. The molecule has 1 aliphatic carbocycles. The van der Waals surface area contributed by atoms with E-state index in [2.05, 4.69) is 5.32 Å². The van der Waals surface area contributed by atoms with Crippen molar-refractivity contribution in [1.82, 2.24) is 5.32 Å². The summed E-state index contributed by atoms with van der Waals surface area (Å²) in [5.74, 6) is -2.50. The Morgan fingerprint density at radius 3 is 2.77 bits per heavy atom. The number of nitro groups is 1. The van der Waals surface area contributed by atoms with Gasteiger partial charge in [0.05, 0.1) is 23.5 Å². The topological polar surface area (TPSA) is 119 Å². The van der Waals surface area contributed by atoms with E-state index in [1.54, 1.807) is 6.92 Å². The van der Waals surface area contributed by atoms with Gasteiger partial charge in [0.25, 0.3) is 0 Å². The molecule has 0 fully saturated rings. The highest BCUT2D eigenvalue weighted by atomic mass is 16.6. The van der Waals surface area contributed by atoms with E-state index in [-0.39, 0.29) is 11.4 Å². The number of nitrogens with zero attached hydrogens (tertiary/aromatic N) is 1. The van der Waals surface area contributed by atoms with Gasteiger partial charge in [-0.2, -0.15) is 0 Å². The van der Waals surface area contributed by atoms with Crippen molar-refractivity contribution in [3.63, 3.8) is 0 Å². The number of nitro benzene ring substituents is 1. The van der Waals surface area contributed by atoms with Gasteiger partial charge in [0.1, 0.15) is 5.78 Å². The molecule has 2 unspecified atom stereocenters. The van der Waals surface area contributed by atoms with E-state index in [1.165, 1.54) is 25.3 Å². The van der Waals surface area contributed by atoms with Crippen LogP contribution in [-0.2, 0) is 14.3 Å². The minimum atomic E-state index is -0.720. The Hall–Kier alpha value is -3.16. The lowest BCUT2D eigenvalue weighted by Crippen LogP contribution is -2.40. The molecular weight excluding hydrogens is 340 g/mol. The third-order valence-electron chi connectivity index (χ3n) is 4.78. The maximum absolute atomic E-state index is 12.6. The van der Waals surface area contributed by atoms with Crippen LogP contribution in [0.15, 0.2) is 41.2 Å². The number of rotatable bonds is 3. The number of carbonyl (C=O) groups is 2. The van der Waals surface area contributed by atoms with Crippen molar-refractivity contribution in [1.29, 1.82) is 0 Å². The number of phenols is 1. The lowest BCUT2D eigenvalue weighted by molar-refractivity contribution is -0.385. The average Bonchev–Trinajstić information content (AvgIpc) is 2.60. The molecule has 0 aromatic heterocycles. The summed E-state index contributed by atoms with van der Waals surface area (Å²) in [4.78, 5) is 35.5. The second-order valence-corrected chi connectivity index (χ2v) is 6.28. The zero-order chi connectivity index (χ0) is 19.0. The molecule has 0 bridgehead atoms. The van der Waals surface area contributed by atoms with E-state index in [4.69, 9.17) is 4.74 Å². The van der Waals surface area contributed by atoms with Crippen LogP contribution in [-0.4, -0.2) is 28.9 Å². The van der Waals surface area contributed by atoms with Gasteiger partial charge < -0.3 is 15.2 Å². The molecule has 2 N–H and O–H groups in total. The Kier molecular flexibility index (Phi) is 4.50. The minimum absolute atomic E-state index is 0.0513. The van der Waals surface area contributed by atoms with Crippen LogP contribution in [0.1, 0.15) is 31.2 Å². The van der Waals surface area contributed by atoms with Crippen LogP contribution in [0.25, 0.3) is 0 Å². The first-order chi connectivity index (χ1) is 12.3. The van der Waals surface area contributed by atoms with E-state index in [9.17, 15) is 24.8 Å². The van der Waals surface area contributed by atoms with E-state index in [0.29, 0.717) is 29.8 Å². The molecule has 3 rings (SSSR count). The molecule has 1 aromatic carbocycles. The maximum atomic E-state index is 12.6. The number of carbonyl (C=O) groups excluding carboxylic acids is 2. The second kappa shape index (κ2) is 6.62. The Balaban J connectivity index is 2.23. The number of nitrogens with one attached hydrogen (secondary N) is 1.